The van der Waals surface area contributed by atoms with Crippen LogP contribution in [0, 0.1) is 0 Å². The van der Waals surface area contributed by atoms with Crippen LogP contribution < -0.4 is 14.8 Å². The number of nitrogens with one attached hydrogen (secondary N) is 2. The molecule has 3 rings (SSSR count). The number of methoxy groups -OCH3 is 1. The summed E-state index contributed by atoms with van der Waals surface area (Å²) >= 11 is 0. The van der Waals surface area contributed by atoms with Gasteiger partial charge in [0.05, 0.1) is 17.6 Å². The zero-order valence-electron chi connectivity index (χ0n) is 18.1. The van der Waals surface area contributed by atoms with Crippen molar-refractivity contribution in [3.63, 3.8) is 0 Å². The van der Waals surface area contributed by atoms with Gasteiger partial charge in [-0.25, -0.2) is 17.9 Å². The third-order valence-corrected chi connectivity index (χ3v) is 6.26. The molecule has 9 heteroatoms. The Morgan fingerprint density at radius 2 is 1.64 bits per heavy atom. The fourth-order valence-electron chi connectivity index (χ4n) is 2.99. The average Bonchev–Trinajstić information content (AvgIpc) is 2.83. The van der Waals surface area contributed by atoms with Crippen LogP contribution in [0.4, 0.5) is 5.69 Å². The Balaban J connectivity index is 1.60. The maximum atomic E-state index is 12.8. The number of rotatable bonds is 9. The van der Waals surface area contributed by atoms with E-state index in [1.807, 2.05) is 30.3 Å². The molecule has 0 bridgehead atoms. The minimum atomic E-state index is -3.89. The smallest absolute Gasteiger partial charge is 0.338 e. The molecular weight excluding hydrogens is 444 g/mol. The molecule has 0 radical (unpaired) electrons. The molecule has 0 aliphatic heterocycles. The fourth-order valence-corrected chi connectivity index (χ4v) is 4.26. The SMILES string of the molecule is COc1ccc(NC(=O)COC(=O)c2cccc(S(=O)(=O)NC(C)c3ccccc3)c2)cc1. The first-order chi connectivity index (χ1) is 15.8. The highest BCUT2D eigenvalue weighted by atomic mass is 32.2. The molecule has 0 fully saturated rings. The lowest BCUT2D eigenvalue weighted by atomic mass is 10.1. The van der Waals surface area contributed by atoms with Crippen molar-refractivity contribution >= 4 is 27.6 Å². The summed E-state index contributed by atoms with van der Waals surface area (Å²) in [6.07, 6.45) is 0. The van der Waals surface area contributed by atoms with E-state index in [-0.39, 0.29) is 10.5 Å². The van der Waals surface area contributed by atoms with Crippen LogP contribution >= 0.6 is 0 Å². The van der Waals surface area contributed by atoms with Crippen molar-refractivity contribution in [3.8, 4) is 5.75 Å². The van der Waals surface area contributed by atoms with Gasteiger partial charge in [-0.1, -0.05) is 36.4 Å². The van der Waals surface area contributed by atoms with E-state index in [0.29, 0.717) is 11.4 Å². The van der Waals surface area contributed by atoms with Gasteiger partial charge in [-0.2, -0.15) is 0 Å². The Bertz CT molecular complexity index is 1210. The van der Waals surface area contributed by atoms with Crippen molar-refractivity contribution in [2.24, 2.45) is 0 Å². The lowest BCUT2D eigenvalue weighted by Crippen LogP contribution is -2.27. The molecule has 0 heterocycles. The van der Waals surface area contributed by atoms with E-state index in [0.717, 1.165) is 5.56 Å². The van der Waals surface area contributed by atoms with Crippen LogP contribution in [0.1, 0.15) is 28.9 Å². The van der Waals surface area contributed by atoms with Gasteiger partial charge in [0.25, 0.3) is 5.91 Å². The molecule has 1 amide bonds. The quantitative estimate of drug-likeness (QED) is 0.465. The zero-order chi connectivity index (χ0) is 23.8. The Kier molecular flexibility index (Phi) is 7.81. The van der Waals surface area contributed by atoms with Crippen LogP contribution in [0.25, 0.3) is 0 Å². The summed E-state index contributed by atoms with van der Waals surface area (Å²) in [6.45, 7) is 1.21. The highest BCUT2D eigenvalue weighted by Crippen LogP contribution is 2.18. The maximum Gasteiger partial charge on any atom is 0.338 e. The molecular formula is C24H24N2O6S. The highest BCUT2D eigenvalue weighted by molar-refractivity contribution is 7.89. The van der Waals surface area contributed by atoms with E-state index in [1.165, 1.54) is 31.4 Å². The average molecular weight is 469 g/mol. The molecule has 0 spiro atoms. The second-order valence-electron chi connectivity index (χ2n) is 7.13. The summed E-state index contributed by atoms with van der Waals surface area (Å²) in [6, 6.07) is 20.8. The second kappa shape index (κ2) is 10.8. The molecule has 3 aromatic carbocycles. The van der Waals surface area contributed by atoms with Gasteiger partial charge in [0.1, 0.15) is 5.75 Å². The lowest BCUT2D eigenvalue weighted by molar-refractivity contribution is -0.119. The van der Waals surface area contributed by atoms with Crippen molar-refractivity contribution in [2.45, 2.75) is 17.9 Å². The summed E-state index contributed by atoms with van der Waals surface area (Å²) in [5.41, 5.74) is 1.34. The summed E-state index contributed by atoms with van der Waals surface area (Å²) < 4.78 is 38.2. The molecule has 3 aromatic rings. The van der Waals surface area contributed by atoms with E-state index in [9.17, 15) is 18.0 Å². The van der Waals surface area contributed by atoms with Gasteiger partial charge in [0.2, 0.25) is 10.0 Å². The molecule has 0 saturated heterocycles. The molecule has 8 nitrogen and oxygen atoms in total. The Morgan fingerprint density at radius 3 is 2.30 bits per heavy atom. The first-order valence-corrected chi connectivity index (χ1v) is 11.5. The topological polar surface area (TPSA) is 111 Å². The Morgan fingerprint density at radius 1 is 0.939 bits per heavy atom. The van der Waals surface area contributed by atoms with Gasteiger partial charge in [0.15, 0.2) is 6.61 Å². The van der Waals surface area contributed by atoms with Crippen LogP contribution in [0.2, 0.25) is 0 Å². The van der Waals surface area contributed by atoms with E-state index in [2.05, 4.69) is 10.0 Å². The number of carbonyl (C=O) groups excluding carboxylic acids is 2. The van der Waals surface area contributed by atoms with Crippen molar-refractivity contribution in [1.82, 2.24) is 4.72 Å². The number of benzene rings is 3. The Hall–Kier alpha value is -3.69. The van der Waals surface area contributed by atoms with Gasteiger partial charge in [-0.15, -0.1) is 0 Å². The molecule has 1 unspecified atom stereocenters. The third kappa shape index (κ3) is 6.64. The lowest BCUT2D eigenvalue weighted by Gasteiger charge is -2.15. The van der Waals surface area contributed by atoms with Crippen LogP contribution in [-0.4, -0.2) is 34.0 Å². The minimum absolute atomic E-state index is 0.0162. The maximum absolute atomic E-state index is 12.8. The highest BCUT2D eigenvalue weighted by Gasteiger charge is 2.20. The number of ether oxygens (including phenoxy) is 2. The van der Waals surface area contributed by atoms with Crippen LogP contribution in [0.15, 0.2) is 83.8 Å². The van der Waals surface area contributed by atoms with Gasteiger partial charge in [-0.3, -0.25) is 4.79 Å². The van der Waals surface area contributed by atoms with E-state index >= 15 is 0 Å². The van der Waals surface area contributed by atoms with Gasteiger partial charge in [-0.05, 0) is 55.0 Å². The fraction of sp³-hybridized carbons (Fsp3) is 0.167. The number of hydrogen-bond donors (Lipinski definition) is 2. The summed E-state index contributed by atoms with van der Waals surface area (Å²) in [5.74, 6) is -0.703. The number of sulfonamides is 1. The van der Waals surface area contributed by atoms with Crippen molar-refractivity contribution in [2.75, 3.05) is 19.0 Å². The van der Waals surface area contributed by atoms with E-state index in [4.69, 9.17) is 9.47 Å². The molecule has 1 atom stereocenters. The number of amides is 1. The zero-order valence-corrected chi connectivity index (χ0v) is 19.0. The number of esters is 1. The summed E-state index contributed by atoms with van der Waals surface area (Å²) in [5, 5.41) is 2.60. The predicted molar refractivity (Wildman–Crippen MR) is 124 cm³/mol. The molecule has 2 N–H and O–H groups in total. The molecule has 0 aliphatic rings. The predicted octanol–water partition coefficient (Wildman–Crippen LogP) is 3.53. The first-order valence-electron chi connectivity index (χ1n) is 10.1. The minimum Gasteiger partial charge on any atom is -0.497 e. The standard InChI is InChI=1S/C24H24N2O6S/c1-17(18-7-4-3-5-8-18)26-33(29,30)22-10-6-9-19(15-22)24(28)32-16-23(27)25-20-11-13-21(31-2)14-12-20/h3-15,17,26H,16H2,1-2H3,(H,25,27). The normalized spacial score (nSPS) is 11.9. The second-order valence-corrected chi connectivity index (χ2v) is 8.85. The molecule has 0 aromatic heterocycles. The molecule has 33 heavy (non-hydrogen) atoms. The van der Waals surface area contributed by atoms with Gasteiger partial charge < -0.3 is 14.8 Å². The molecule has 0 aliphatic carbocycles. The van der Waals surface area contributed by atoms with Gasteiger partial charge in [0, 0.05) is 11.7 Å². The van der Waals surface area contributed by atoms with Crippen molar-refractivity contribution < 1.29 is 27.5 Å². The van der Waals surface area contributed by atoms with Crippen LogP contribution in [0.3, 0.4) is 0 Å². The number of hydrogen-bond acceptors (Lipinski definition) is 6. The monoisotopic (exact) mass is 468 g/mol. The van der Waals surface area contributed by atoms with E-state index < -0.39 is 34.5 Å². The largest absolute Gasteiger partial charge is 0.497 e. The van der Waals surface area contributed by atoms with Gasteiger partial charge >= 0.3 is 5.97 Å². The van der Waals surface area contributed by atoms with Crippen LogP contribution in [-0.2, 0) is 19.6 Å². The molecule has 172 valence electrons. The summed E-state index contributed by atoms with van der Waals surface area (Å²) in [7, 11) is -2.35. The number of anilines is 1. The number of carbonyl (C=O) groups is 2. The van der Waals surface area contributed by atoms with Crippen LogP contribution in [0.5, 0.6) is 5.75 Å². The summed E-state index contributed by atoms with van der Waals surface area (Å²) in [4.78, 5) is 24.4. The van der Waals surface area contributed by atoms with Crippen molar-refractivity contribution in [3.05, 3.63) is 90.0 Å². The van der Waals surface area contributed by atoms with Crippen molar-refractivity contribution in [1.29, 1.82) is 0 Å². The first kappa shape index (κ1) is 24.0. The third-order valence-electron chi connectivity index (χ3n) is 4.72. The molecule has 0 saturated carbocycles. The Labute approximate surface area is 192 Å². The van der Waals surface area contributed by atoms with E-state index in [1.54, 1.807) is 31.2 Å².